The van der Waals surface area contributed by atoms with Gasteiger partial charge in [0, 0.05) is 4.47 Å². The van der Waals surface area contributed by atoms with E-state index in [1.807, 2.05) is 30.3 Å². The van der Waals surface area contributed by atoms with Crippen molar-refractivity contribution in [2.24, 2.45) is 0 Å². The first-order valence-corrected chi connectivity index (χ1v) is 7.16. The van der Waals surface area contributed by atoms with Gasteiger partial charge in [0.05, 0.1) is 6.61 Å². The molecule has 5 nitrogen and oxygen atoms in total. The molecule has 0 fully saturated rings. The molecule has 0 aliphatic heterocycles. The lowest BCUT2D eigenvalue weighted by Crippen LogP contribution is -2.34. The number of alkyl carbamates (subject to hydrolysis) is 1. The van der Waals surface area contributed by atoms with Crippen LogP contribution in [0.5, 0.6) is 5.75 Å². The highest BCUT2D eigenvalue weighted by molar-refractivity contribution is 9.10. The summed E-state index contributed by atoms with van der Waals surface area (Å²) in [6.07, 6.45) is -0.769. The van der Waals surface area contributed by atoms with E-state index in [2.05, 4.69) is 26.0 Å². The zero-order valence-electron chi connectivity index (χ0n) is 11.4. The van der Waals surface area contributed by atoms with Crippen LogP contribution in [0.3, 0.4) is 0 Å². The van der Waals surface area contributed by atoms with Crippen LogP contribution in [0.2, 0.25) is 0 Å². The minimum absolute atomic E-state index is 0.209. The van der Waals surface area contributed by atoms with Gasteiger partial charge in [-0.1, -0.05) is 28.1 Å². The first kappa shape index (κ1) is 15.3. The summed E-state index contributed by atoms with van der Waals surface area (Å²) in [5, 5.41) is 4.13. The second kappa shape index (κ2) is 7.08. The van der Waals surface area contributed by atoms with Gasteiger partial charge in [0.2, 0.25) is 0 Å². The van der Waals surface area contributed by atoms with E-state index in [1.165, 1.54) is 0 Å². The number of nitrogens with one attached hydrogen (secondary N) is 1. The molecule has 110 valence electrons. The molecule has 0 unspecified atom stereocenters. The molecule has 0 aromatic heterocycles. The molecule has 21 heavy (non-hydrogen) atoms. The Morgan fingerprint density at radius 1 is 1.14 bits per heavy atom. The zero-order chi connectivity index (χ0) is 15.2. The molecule has 2 rings (SSSR count). The van der Waals surface area contributed by atoms with E-state index in [9.17, 15) is 9.59 Å². The molecule has 6 heteroatoms. The Kier molecular flexibility index (Phi) is 5.16. The van der Waals surface area contributed by atoms with Crippen molar-refractivity contribution in [3.05, 3.63) is 40.9 Å². The Morgan fingerprint density at radius 2 is 1.86 bits per heavy atom. The summed E-state index contributed by atoms with van der Waals surface area (Å²) in [4.78, 5) is 22.5. The Bertz CT molecular complexity index is 672. The van der Waals surface area contributed by atoms with Crippen LogP contribution in [0.25, 0.3) is 10.8 Å². The van der Waals surface area contributed by atoms with Crippen molar-refractivity contribution in [2.75, 3.05) is 13.2 Å². The molecule has 0 aliphatic carbocycles. The first-order chi connectivity index (χ1) is 10.1. The summed E-state index contributed by atoms with van der Waals surface area (Å²) in [6.45, 7) is 1.62. The Hall–Kier alpha value is -2.08. The van der Waals surface area contributed by atoms with Gasteiger partial charge in [-0.15, -0.1) is 0 Å². The number of carbonyl (C=O) groups is 2. The highest BCUT2D eigenvalue weighted by Crippen LogP contribution is 2.24. The maximum Gasteiger partial charge on any atom is 0.413 e. The molecule has 0 saturated heterocycles. The number of fused-ring (bicyclic) bond motifs is 1. The fourth-order valence-corrected chi connectivity index (χ4v) is 2.13. The Balaban J connectivity index is 1.95. The van der Waals surface area contributed by atoms with Crippen molar-refractivity contribution in [3.8, 4) is 5.75 Å². The smallest absolute Gasteiger partial charge is 0.413 e. The summed E-state index contributed by atoms with van der Waals surface area (Å²) in [5.74, 6) is 0.00758. The topological polar surface area (TPSA) is 64.6 Å². The minimum atomic E-state index is -0.769. The van der Waals surface area contributed by atoms with E-state index >= 15 is 0 Å². The first-order valence-electron chi connectivity index (χ1n) is 6.37. The molecular formula is C15H14BrNO4. The van der Waals surface area contributed by atoms with E-state index in [1.54, 1.807) is 13.0 Å². The molecule has 0 heterocycles. The van der Waals surface area contributed by atoms with Gasteiger partial charge in [0.25, 0.3) is 5.91 Å². The van der Waals surface area contributed by atoms with Crippen molar-refractivity contribution in [2.45, 2.75) is 6.92 Å². The molecule has 0 aliphatic rings. The normalized spacial score (nSPS) is 10.2. The molecule has 2 aromatic rings. The second-order valence-electron chi connectivity index (χ2n) is 4.21. The van der Waals surface area contributed by atoms with E-state index in [0.717, 1.165) is 15.2 Å². The fraction of sp³-hybridized carbons (Fsp3) is 0.200. The highest BCUT2D eigenvalue weighted by atomic mass is 79.9. The van der Waals surface area contributed by atoms with Crippen LogP contribution < -0.4 is 10.1 Å². The van der Waals surface area contributed by atoms with Crippen LogP contribution in [0.1, 0.15) is 6.92 Å². The SMILES string of the molecule is CCOC(=O)NC(=O)COc1ccc2cc(Br)ccc2c1. The molecule has 0 atom stereocenters. The number of rotatable bonds is 4. The van der Waals surface area contributed by atoms with Crippen molar-refractivity contribution >= 4 is 38.7 Å². The van der Waals surface area contributed by atoms with E-state index in [-0.39, 0.29) is 13.2 Å². The van der Waals surface area contributed by atoms with Gasteiger partial charge in [-0.05, 0) is 42.0 Å². The van der Waals surface area contributed by atoms with Gasteiger partial charge >= 0.3 is 6.09 Å². The van der Waals surface area contributed by atoms with Crippen LogP contribution in [-0.2, 0) is 9.53 Å². The van der Waals surface area contributed by atoms with Crippen LogP contribution in [-0.4, -0.2) is 25.2 Å². The summed E-state index contributed by atoms with van der Waals surface area (Å²) in [5.41, 5.74) is 0. The highest BCUT2D eigenvalue weighted by Gasteiger charge is 2.09. The Morgan fingerprint density at radius 3 is 2.62 bits per heavy atom. The van der Waals surface area contributed by atoms with E-state index in [0.29, 0.717) is 5.75 Å². The summed E-state index contributed by atoms with van der Waals surface area (Å²) < 4.78 is 11.0. The van der Waals surface area contributed by atoms with Gasteiger partial charge < -0.3 is 9.47 Å². The number of ether oxygens (including phenoxy) is 2. The number of imide groups is 1. The number of carbonyl (C=O) groups excluding carboxylic acids is 2. The lowest BCUT2D eigenvalue weighted by atomic mass is 10.1. The third-order valence-corrected chi connectivity index (χ3v) is 3.15. The fourth-order valence-electron chi connectivity index (χ4n) is 1.75. The summed E-state index contributed by atoms with van der Waals surface area (Å²) in [6, 6.07) is 11.4. The quantitative estimate of drug-likeness (QED) is 0.918. The van der Waals surface area contributed by atoms with Gasteiger partial charge in [-0.2, -0.15) is 0 Å². The van der Waals surface area contributed by atoms with E-state index < -0.39 is 12.0 Å². The van der Waals surface area contributed by atoms with Crippen molar-refractivity contribution in [1.82, 2.24) is 5.32 Å². The molecule has 0 bridgehead atoms. The standard InChI is InChI=1S/C15H14BrNO4/c1-2-20-15(19)17-14(18)9-21-13-6-4-10-7-12(16)5-3-11(10)8-13/h3-8H,2,9H2,1H3,(H,17,18,19). The van der Waals surface area contributed by atoms with Crippen molar-refractivity contribution in [3.63, 3.8) is 0 Å². The van der Waals surface area contributed by atoms with Gasteiger partial charge in [0.1, 0.15) is 5.75 Å². The molecular weight excluding hydrogens is 338 g/mol. The predicted octanol–water partition coefficient (Wildman–Crippen LogP) is 3.25. The average Bonchev–Trinajstić information content (AvgIpc) is 2.45. The van der Waals surface area contributed by atoms with Gasteiger partial charge in [-0.25, -0.2) is 4.79 Å². The third-order valence-electron chi connectivity index (χ3n) is 2.66. The number of halogens is 1. The largest absolute Gasteiger partial charge is 0.484 e. The number of benzene rings is 2. The molecule has 0 radical (unpaired) electrons. The minimum Gasteiger partial charge on any atom is -0.484 e. The van der Waals surface area contributed by atoms with Crippen LogP contribution in [0, 0.1) is 0 Å². The van der Waals surface area contributed by atoms with E-state index in [4.69, 9.17) is 4.74 Å². The Labute approximate surface area is 130 Å². The lowest BCUT2D eigenvalue weighted by molar-refractivity contribution is -0.122. The molecule has 1 N–H and O–H groups in total. The maximum atomic E-state index is 11.5. The predicted molar refractivity (Wildman–Crippen MR) is 82.3 cm³/mol. The third kappa shape index (κ3) is 4.46. The van der Waals surface area contributed by atoms with Crippen LogP contribution in [0.4, 0.5) is 4.79 Å². The number of hydrogen-bond donors (Lipinski definition) is 1. The van der Waals surface area contributed by atoms with Gasteiger partial charge in [-0.3, -0.25) is 10.1 Å². The molecule has 0 saturated carbocycles. The van der Waals surface area contributed by atoms with Crippen molar-refractivity contribution in [1.29, 1.82) is 0 Å². The summed E-state index contributed by atoms with van der Waals surface area (Å²) in [7, 11) is 0. The zero-order valence-corrected chi connectivity index (χ0v) is 13.0. The summed E-state index contributed by atoms with van der Waals surface area (Å²) >= 11 is 3.41. The molecule has 0 spiro atoms. The van der Waals surface area contributed by atoms with Crippen LogP contribution >= 0.6 is 15.9 Å². The maximum absolute atomic E-state index is 11.5. The van der Waals surface area contributed by atoms with Crippen molar-refractivity contribution < 1.29 is 19.1 Å². The second-order valence-corrected chi connectivity index (χ2v) is 5.13. The average molecular weight is 352 g/mol. The number of amides is 2. The lowest BCUT2D eigenvalue weighted by Gasteiger charge is -2.08. The van der Waals surface area contributed by atoms with Gasteiger partial charge in [0.15, 0.2) is 6.61 Å². The molecule has 2 amide bonds. The monoisotopic (exact) mass is 351 g/mol. The number of hydrogen-bond acceptors (Lipinski definition) is 4. The van der Waals surface area contributed by atoms with Crippen LogP contribution in [0.15, 0.2) is 40.9 Å². The molecule has 2 aromatic carbocycles.